The lowest BCUT2D eigenvalue weighted by Crippen LogP contribution is -2.43. The summed E-state index contributed by atoms with van der Waals surface area (Å²) in [6.07, 6.45) is 0. The number of nitrogens with one attached hydrogen (secondary N) is 1. The molecule has 0 amide bonds. The van der Waals surface area contributed by atoms with Crippen molar-refractivity contribution < 1.29 is 13.2 Å². The molecular formula is C19H23ClN2O3S. The van der Waals surface area contributed by atoms with Gasteiger partial charge in [-0.05, 0) is 24.6 Å². The summed E-state index contributed by atoms with van der Waals surface area (Å²) < 4.78 is 34.0. The van der Waals surface area contributed by atoms with Gasteiger partial charge in [-0.3, -0.25) is 4.90 Å². The smallest absolute Gasteiger partial charge is 0.242 e. The zero-order chi connectivity index (χ0) is 18.6. The maximum absolute atomic E-state index is 12.9. The van der Waals surface area contributed by atoms with Gasteiger partial charge in [0.2, 0.25) is 10.0 Å². The first-order valence-electron chi connectivity index (χ1n) is 8.59. The normalized spacial score (nSPS) is 17.2. The van der Waals surface area contributed by atoms with Crippen molar-refractivity contribution in [2.45, 2.75) is 17.9 Å². The van der Waals surface area contributed by atoms with Gasteiger partial charge in [0.15, 0.2) is 0 Å². The Bertz CT molecular complexity index is 834. The van der Waals surface area contributed by atoms with E-state index in [4.69, 9.17) is 16.3 Å². The lowest BCUT2D eigenvalue weighted by Gasteiger charge is -2.31. The van der Waals surface area contributed by atoms with Crippen molar-refractivity contribution in [1.82, 2.24) is 9.62 Å². The number of morpholine rings is 1. The molecule has 0 aromatic heterocycles. The Morgan fingerprint density at radius 3 is 2.42 bits per heavy atom. The Hall–Kier alpha value is -1.44. The SMILES string of the molecule is Cc1ccc([C@@H](CN2CCOCC2)NS(=O)(=O)c2ccccc2Cl)cc1. The van der Waals surface area contributed by atoms with Crippen LogP contribution in [0.3, 0.4) is 0 Å². The van der Waals surface area contributed by atoms with Crippen LogP contribution in [0.5, 0.6) is 0 Å². The van der Waals surface area contributed by atoms with E-state index in [1.807, 2.05) is 31.2 Å². The van der Waals surface area contributed by atoms with Crippen LogP contribution in [0, 0.1) is 6.92 Å². The average Bonchev–Trinajstić information content (AvgIpc) is 2.63. The third-order valence-corrected chi connectivity index (χ3v) is 6.42. The monoisotopic (exact) mass is 394 g/mol. The molecule has 0 spiro atoms. The van der Waals surface area contributed by atoms with Gasteiger partial charge in [-0.2, -0.15) is 0 Å². The number of hydrogen-bond donors (Lipinski definition) is 1. The van der Waals surface area contributed by atoms with E-state index in [0.29, 0.717) is 19.8 Å². The average molecular weight is 395 g/mol. The van der Waals surface area contributed by atoms with Crippen LogP contribution in [0.1, 0.15) is 17.2 Å². The topological polar surface area (TPSA) is 58.6 Å². The second kappa shape index (κ2) is 8.50. The highest BCUT2D eigenvalue weighted by Gasteiger charge is 2.25. The Labute approximate surface area is 160 Å². The van der Waals surface area contributed by atoms with E-state index in [1.165, 1.54) is 6.07 Å². The van der Waals surface area contributed by atoms with E-state index in [2.05, 4.69) is 9.62 Å². The van der Waals surface area contributed by atoms with Crippen LogP contribution < -0.4 is 4.72 Å². The van der Waals surface area contributed by atoms with Gasteiger partial charge in [-0.25, -0.2) is 13.1 Å². The van der Waals surface area contributed by atoms with E-state index < -0.39 is 10.0 Å². The van der Waals surface area contributed by atoms with Crippen molar-refractivity contribution >= 4 is 21.6 Å². The van der Waals surface area contributed by atoms with E-state index in [1.54, 1.807) is 18.2 Å². The summed E-state index contributed by atoms with van der Waals surface area (Å²) in [4.78, 5) is 2.31. The first kappa shape index (κ1) is 19.3. The molecular weight excluding hydrogens is 372 g/mol. The summed E-state index contributed by atoms with van der Waals surface area (Å²) in [7, 11) is -3.74. The fourth-order valence-corrected chi connectivity index (χ4v) is 4.70. The van der Waals surface area contributed by atoms with Crippen LogP contribution >= 0.6 is 11.6 Å². The lowest BCUT2D eigenvalue weighted by molar-refractivity contribution is 0.0345. The zero-order valence-electron chi connectivity index (χ0n) is 14.7. The standard InChI is InChI=1S/C19H23ClN2O3S/c1-15-6-8-16(9-7-15)18(14-22-10-12-25-13-11-22)21-26(23,24)19-5-3-2-4-17(19)20/h2-9,18,21H,10-14H2,1H3/t18-/m1/s1. The summed E-state index contributed by atoms with van der Waals surface area (Å²) in [5, 5.41) is 0.217. The van der Waals surface area contributed by atoms with Crippen LogP contribution in [0.2, 0.25) is 5.02 Å². The summed E-state index contributed by atoms with van der Waals surface area (Å²) in [6.45, 7) is 5.49. The number of rotatable bonds is 6. The molecule has 1 saturated heterocycles. The van der Waals surface area contributed by atoms with E-state index in [9.17, 15) is 8.42 Å². The van der Waals surface area contributed by atoms with Gasteiger partial charge in [0.1, 0.15) is 4.90 Å². The molecule has 1 N–H and O–H groups in total. The van der Waals surface area contributed by atoms with Gasteiger partial charge in [-0.15, -0.1) is 0 Å². The number of nitrogens with zero attached hydrogens (tertiary/aromatic N) is 1. The van der Waals surface area contributed by atoms with Crippen molar-refractivity contribution in [2.75, 3.05) is 32.8 Å². The molecule has 26 heavy (non-hydrogen) atoms. The molecule has 1 aliphatic heterocycles. The third-order valence-electron chi connectivity index (χ3n) is 4.45. The number of ether oxygens (including phenoxy) is 1. The van der Waals surface area contributed by atoms with Crippen LogP contribution in [0.25, 0.3) is 0 Å². The first-order chi connectivity index (χ1) is 12.5. The lowest BCUT2D eigenvalue weighted by atomic mass is 10.1. The quantitative estimate of drug-likeness (QED) is 0.818. The number of aryl methyl sites for hydroxylation is 1. The number of sulfonamides is 1. The molecule has 7 heteroatoms. The van der Waals surface area contributed by atoms with Crippen molar-refractivity contribution in [2.24, 2.45) is 0 Å². The molecule has 3 rings (SSSR count). The minimum atomic E-state index is -3.74. The molecule has 5 nitrogen and oxygen atoms in total. The van der Waals surface area contributed by atoms with E-state index in [-0.39, 0.29) is 16.0 Å². The third kappa shape index (κ3) is 4.84. The van der Waals surface area contributed by atoms with Crippen molar-refractivity contribution in [1.29, 1.82) is 0 Å². The Balaban J connectivity index is 1.87. The van der Waals surface area contributed by atoms with Gasteiger partial charge in [0, 0.05) is 19.6 Å². The molecule has 1 fully saturated rings. The first-order valence-corrected chi connectivity index (χ1v) is 10.5. The minimum Gasteiger partial charge on any atom is -0.379 e. The molecule has 140 valence electrons. The molecule has 1 aliphatic rings. The van der Waals surface area contributed by atoms with E-state index >= 15 is 0 Å². The second-order valence-electron chi connectivity index (χ2n) is 6.43. The van der Waals surface area contributed by atoms with Crippen LogP contribution in [0.4, 0.5) is 0 Å². The zero-order valence-corrected chi connectivity index (χ0v) is 16.3. The van der Waals surface area contributed by atoms with Gasteiger partial charge >= 0.3 is 0 Å². The molecule has 0 unspecified atom stereocenters. The molecule has 1 heterocycles. The van der Waals surface area contributed by atoms with Crippen molar-refractivity contribution in [3.63, 3.8) is 0 Å². The maximum atomic E-state index is 12.9. The molecule has 1 atom stereocenters. The second-order valence-corrected chi connectivity index (χ2v) is 8.52. The molecule has 0 aliphatic carbocycles. The Morgan fingerprint density at radius 1 is 1.12 bits per heavy atom. The highest BCUT2D eigenvalue weighted by molar-refractivity contribution is 7.89. The van der Waals surface area contributed by atoms with Crippen molar-refractivity contribution in [3.8, 4) is 0 Å². The summed E-state index contributed by atoms with van der Waals surface area (Å²) >= 11 is 6.10. The van der Waals surface area contributed by atoms with Gasteiger partial charge in [0.05, 0.1) is 24.3 Å². The number of hydrogen-bond acceptors (Lipinski definition) is 4. The summed E-state index contributed by atoms with van der Waals surface area (Å²) in [5.41, 5.74) is 2.06. The summed E-state index contributed by atoms with van der Waals surface area (Å²) in [5.74, 6) is 0. The highest BCUT2D eigenvalue weighted by atomic mass is 35.5. The molecule has 0 radical (unpaired) electrons. The van der Waals surface area contributed by atoms with Crippen LogP contribution in [0.15, 0.2) is 53.4 Å². The summed E-state index contributed by atoms with van der Waals surface area (Å²) in [6, 6.07) is 14.0. The maximum Gasteiger partial charge on any atom is 0.242 e. The fraction of sp³-hybridized carbons (Fsp3) is 0.368. The Morgan fingerprint density at radius 2 is 1.77 bits per heavy atom. The van der Waals surface area contributed by atoms with Gasteiger partial charge < -0.3 is 4.74 Å². The molecule has 2 aromatic carbocycles. The molecule has 0 saturated carbocycles. The van der Waals surface area contributed by atoms with E-state index in [0.717, 1.165) is 24.2 Å². The molecule has 2 aromatic rings. The molecule has 0 bridgehead atoms. The predicted octanol–water partition coefficient (Wildman–Crippen LogP) is 3.00. The van der Waals surface area contributed by atoms with Crippen LogP contribution in [-0.2, 0) is 14.8 Å². The van der Waals surface area contributed by atoms with Gasteiger partial charge in [0.25, 0.3) is 0 Å². The largest absolute Gasteiger partial charge is 0.379 e. The van der Waals surface area contributed by atoms with Crippen LogP contribution in [-0.4, -0.2) is 46.2 Å². The highest BCUT2D eigenvalue weighted by Crippen LogP contribution is 2.24. The predicted molar refractivity (Wildman–Crippen MR) is 103 cm³/mol. The number of benzene rings is 2. The van der Waals surface area contributed by atoms with Crippen molar-refractivity contribution in [3.05, 3.63) is 64.7 Å². The van der Waals surface area contributed by atoms with Gasteiger partial charge in [-0.1, -0.05) is 53.6 Å². The Kier molecular flexibility index (Phi) is 6.32. The fourth-order valence-electron chi connectivity index (χ4n) is 2.96. The minimum absolute atomic E-state index is 0.0979. The number of halogens is 1.